The van der Waals surface area contributed by atoms with Gasteiger partial charge >= 0.3 is 0 Å². The molecule has 102 valence electrons. The van der Waals surface area contributed by atoms with E-state index in [4.69, 9.17) is 9.84 Å². The lowest BCUT2D eigenvalue weighted by Crippen LogP contribution is -2.52. The van der Waals surface area contributed by atoms with E-state index >= 15 is 0 Å². The van der Waals surface area contributed by atoms with E-state index in [-0.39, 0.29) is 30.9 Å². The van der Waals surface area contributed by atoms with Gasteiger partial charge in [-0.15, -0.1) is 0 Å². The van der Waals surface area contributed by atoms with Crippen LogP contribution < -0.4 is 0 Å². The van der Waals surface area contributed by atoms with Crippen molar-refractivity contribution in [2.75, 3.05) is 39.4 Å². The molecule has 2 aliphatic heterocycles. The zero-order valence-electron chi connectivity index (χ0n) is 10.5. The number of hydrogen-bond acceptors (Lipinski definition) is 4. The highest BCUT2D eigenvalue weighted by Crippen LogP contribution is 2.16. The fourth-order valence-electron chi connectivity index (χ4n) is 2.41. The first-order valence-electron chi connectivity index (χ1n) is 6.51. The number of carbonyl (C=O) groups is 2. The zero-order chi connectivity index (χ0) is 13.0. The molecule has 0 radical (unpaired) electrons. The van der Waals surface area contributed by atoms with Crippen LogP contribution in [0.5, 0.6) is 0 Å². The van der Waals surface area contributed by atoms with Gasteiger partial charge in [-0.3, -0.25) is 9.59 Å². The molecule has 1 N–H and O–H groups in total. The number of nitrogens with zero attached hydrogens (tertiary/aromatic N) is 2. The fraction of sp³-hybridized carbons (Fsp3) is 0.833. The van der Waals surface area contributed by atoms with Crippen LogP contribution in [0.2, 0.25) is 0 Å². The maximum Gasteiger partial charge on any atom is 0.251 e. The summed E-state index contributed by atoms with van der Waals surface area (Å²) in [4.78, 5) is 27.1. The van der Waals surface area contributed by atoms with Crippen LogP contribution in [-0.2, 0) is 14.3 Å². The summed E-state index contributed by atoms with van der Waals surface area (Å²) in [6.07, 6.45) is 1.65. The second kappa shape index (κ2) is 6.15. The van der Waals surface area contributed by atoms with E-state index in [0.717, 1.165) is 12.8 Å². The minimum atomic E-state index is -0.273. The number of hydrogen-bond donors (Lipinski definition) is 1. The Bertz CT molecular complexity index is 307. The lowest BCUT2D eigenvalue weighted by Gasteiger charge is -2.35. The summed E-state index contributed by atoms with van der Waals surface area (Å²) in [5.74, 6) is 0.0171. The van der Waals surface area contributed by atoms with Gasteiger partial charge in [-0.25, -0.2) is 0 Å². The highest BCUT2D eigenvalue weighted by molar-refractivity contribution is 5.82. The van der Waals surface area contributed by atoms with Gasteiger partial charge in [0.1, 0.15) is 6.10 Å². The van der Waals surface area contributed by atoms with Crippen molar-refractivity contribution in [1.82, 2.24) is 9.80 Å². The molecular weight excluding hydrogens is 236 g/mol. The van der Waals surface area contributed by atoms with Gasteiger partial charge in [0.15, 0.2) is 0 Å². The van der Waals surface area contributed by atoms with E-state index in [1.165, 1.54) is 0 Å². The minimum Gasteiger partial charge on any atom is -0.396 e. The standard InChI is InChI=1S/C12H20N2O4/c15-8-3-11(16)13-4-6-14(7-5-13)12(17)10-2-1-9-18-10/h10,15H,1-9H2. The average molecular weight is 256 g/mol. The first kappa shape index (κ1) is 13.3. The topological polar surface area (TPSA) is 70.1 Å². The maximum atomic E-state index is 12.1. The van der Waals surface area contributed by atoms with Gasteiger partial charge in [-0.1, -0.05) is 0 Å². The third kappa shape index (κ3) is 3.00. The third-order valence-electron chi connectivity index (χ3n) is 3.47. The van der Waals surface area contributed by atoms with Gasteiger partial charge < -0.3 is 19.6 Å². The predicted octanol–water partition coefficient (Wildman–Crippen LogP) is -0.781. The van der Waals surface area contributed by atoms with E-state index < -0.39 is 0 Å². The van der Waals surface area contributed by atoms with Crippen molar-refractivity contribution < 1.29 is 19.4 Å². The van der Waals surface area contributed by atoms with Gasteiger partial charge in [0.05, 0.1) is 6.61 Å². The van der Waals surface area contributed by atoms with Crippen LogP contribution in [0.1, 0.15) is 19.3 Å². The number of rotatable bonds is 3. The molecule has 2 saturated heterocycles. The molecule has 0 bridgehead atoms. The molecule has 6 heteroatoms. The van der Waals surface area contributed by atoms with Crippen LogP contribution in [0, 0.1) is 0 Å². The molecule has 2 heterocycles. The van der Waals surface area contributed by atoms with Gasteiger partial charge in [0, 0.05) is 39.2 Å². The molecule has 0 aromatic rings. The largest absolute Gasteiger partial charge is 0.396 e. The molecule has 0 aromatic carbocycles. The van der Waals surface area contributed by atoms with Crippen molar-refractivity contribution in [3.8, 4) is 0 Å². The zero-order valence-corrected chi connectivity index (χ0v) is 10.5. The molecule has 0 saturated carbocycles. The van der Waals surface area contributed by atoms with E-state index in [1.807, 2.05) is 0 Å². The van der Waals surface area contributed by atoms with Gasteiger partial charge in [-0.2, -0.15) is 0 Å². The summed E-state index contributed by atoms with van der Waals surface area (Å²) >= 11 is 0. The first-order valence-corrected chi connectivity index (χ1v) is 6.51. The van der Waals surface area contributed by atoms with Crippen molar-refractivity contribution in [3.63, 3.8) is 0 Å². The molecule has 6 nitrogen and oxygen atoms in total. The highest BCUT2D eigenvalue weighted by atomic mass is 16.5. The van der Waals surface area contributed by atoms with Crippen LogP contribution in [0.4, 0.5) is 0 Å². The highest BCUT2D eigenvalue weighted by Gasteiger charge is 2.31. The maximum absolute atomic E-state index is 12.1. The first-order chi connectivity index (χ1) is 8.72. The number of aliphatic hydroxyl groups excluding tert-OH is 1. The smallest absolute Gasteiger partial charge is 0.251 e. The van der Waals surface area contributed by atoms with Gasteiger partial charge in [-0.05, 0) is 12.8 Å². The molecule has 2 fully saturated rings. The summed E-state index contributed by atoms with van der Waals surface area (Å²) in [5, 5.41) is 8.72. The van der Waals surface area contributed by atoms with Crippen LogP contribution >= 0.6 is 0 Å². The Morgan fingerprint density at radius 1 is 1.17 bits per heavy atom. The van der Waals surface area contributed by atoms with Crippen molar-refractivity contribution in [1.29, 1.82) is 0 Å². The Morgan fingerprint density at radius 3 is 2.39 bits per heavy atom. The van der Waals surface area contributed by atoms with E-state index in [1.54, 1.807) is 9.80 Å². The average Bonchev–Trinajstić information content (AvgIpc) is 2.92. The Balaban J connectivity index is 1.79. The second-order valence-corrected chi connectivity index (χ2v) is 4.68. The Kier molecular flexibility index (Phi) is 4.54. The Morgan fingerprint density at radius 2 is 1.83 bits per heavy atom. The number of amides is 2. The summed E-state index contributed by atoms with van der Waals surface area (Å²) in [7, 11) is 0. The fourth-order valence-corrected chi connectivity index (χ4v) is 2.41. The monoisotopic (exact) mass is 256 g/mol. The molecule has 0 aromatic heterocycles. The summed E-state index contributed by atoms with van der Waals surface area (Å²) in [6.45, 7) is 2.79. The SMILES string of the molecule is O=C(CCO)N1CCN(C(=O)C2CCCO2)CC1. The van der Waals surface area contributed by atoms with Crippen molar-refractivity contribution in [3.05, 3.63) is 0 Å². The molecule has 1 unspecified atom stereocenters. The molecule has 2 aliphatic rings. The van der Waals surface area contributed by atoms with Gasteiger partial charge in [0.2, 0.25) is 5.91 Å². The van der Waals surface area contributed by atoms with Gasteiger partial charge in [0.25, 0.3) is 5.91 Å². The van der Waals surface area contributed by atoms with E-state index in [9.17, 15) is 9.59 Å². The summed E-state index contributed by atoms with van der Waals surface area (Å²) < 4.78 is 5.38. The molecule has 0 aliphatic carbocycles. The molecule has 2 amide bonds. The van der Waals surface area contributed by atoms with E-state index in [2.05, 4.69) is 0 Å². The number of piperazine rings is 1. The van der Waals surface area contributed by atoms with Crippen molar-refractivity contribution in [2.24, 2.45) is 0 Å². The van der Waals surface area contributed by atoms with Crippen LogP contribution in [-0.4, -0.2) is 72.2 Å². The quantitative estimate of drug-likeness (QED) is 0.719. The predicted molar refractivity (Wildman–Crippen MR) is 63.8 cm³/mol. The summed E-state index contributed by atoms with van der Waals surface area (Å²) in [6, 6.07) is 0. The molecule has 0 spiro atoms. The molecule has 2 rings (SSSR count). The van der Waals surface area contributed by atoms with Crippen LogP contribution in [0.25, 0.3) is 0 Å². The van der Waals surface area contributed by atoms with E-state index in [0.29, 0.717) is 32.8 Å². The normalized spacial score (nSPS) is 24.4. The lowest BCUT2D eigenvalue weighted by atomic mass is 10.2. The molecule has 18 heavy (non-hydrogen) atoms. The Hall–Kier alpha value is -1.14. The molecule has 1 atom stereocenters. The number of ether oxygens (including phenoxy) is 1. The number of aliphatic hydroxyl groups is 1. The Labute approximate surface area is 106 Å². The number of carbonyl (C=O) groups excluding carboxylic acids is 2. The third-order valence-corrected chi connectivity index (χ3v) is 3.47. The summed E-state index contributed by atoms with van der Waals surface area (Å²) in [5.41, 5.74) is 0. The van der Waals surface area contributed by atoms with Crippen molar-refractivity contribution >= 4 is 11.8 Å². The molecular formula is C12H20N2O4. The van der Waals surface area contributed by atoms with Crippen molar-refractivity contribution in [2.45, 2.75) is 25.4 Å². The van der Waals surface area contributed by atoms with Crippen LogP contribution in [0.3, 0.4) is 0 Å². The lowest BCUT2D eigenvalue weighted by molar-refractivity contribution is -0.146. The van der Waals surface area contributed by atoms with Crippen LogP contribution in [0.15, 0.2) is 0 Å². The second-order valence-electron chi connectivity index (χ2n) is 4.68. The minimum absolute atomic E-state index is 0.0401.